The van der Waals surface area contributed by atoms with E-state index in [1.807, 2.05) is 17.5 Å². The van der Waals surface area contributed by atoms with Gasteiger partial charge in [-0.1, -0.05) is 170 Å². The van der Waals surface area contributed by atoms with Crippen LogP contribution in [0.2, 0.25) is 0 Å². The van der Waals surface area contributed by atoms with Gasteiger partial charge in [0.05, 0.1) is 10.4 Å². The van der Waals surface area contributed by atoms with Gasteiger partial charge in [-0.05, 0) is 65.2 Å². The first kappa shape index (κ1) is 29.1. The van der Waals surface area contributed by atoms with Gasteiger partial charge < -0.3 is 0 Å². The van der Waals surface area contributed by atoms with Gasteiger partial charge in [-0.15, -0.1) is 11.3 Å². The van der Waals surface area contributed by atoms with E-state index in [4.69, 9.17) is 4.98 Å². The normalized spacial score (nSPS) is 12.0. The van der Waals surface area contributed by atoms with E-state index in [1.165, 1.54) is 73.2 Å². The molecule has 0 radical (unpaired) electrons. The van der Waals surface area contributed by atoms with Crippen molar-refractivity contribution in [1.29, 1.82) is 0 Å². The third kappa shape index (κ3) is 4.34. The van der Waals surface area contributed by atoms with Crippen molar-refractivity contribution in [3.63, 3.8) is 0 Å². The Labute approximate surface area is 295 Å². The van der Waals surface area contributed by atoms with Crippen LogP contribution in [-0.2, 0) is 0 Å². The summed E-state index contributed by atoms with van der Waals surface area (Å²) in [4.78, 5) is 5.04. The smallest absolute Gasteiger partial charge is 0.179 e. The van der Waals surface area contributed by atoms with Crippen LogP contribution in [0.15, 0.2) is 188 Å². The number of nitrogens with zero attached hydrogens (tertiary/aromatic N) is 1. The highest BCUT2D eigenvalue weighted by atomic mass is 32.1. The largest absolute Gasteiger partial charge is 0.255 e. The first-order valence-corrected chi connectivity index (χ1v) is 19.9. The Morgan fingerprint density at radius 3 is 1.54 bits per heavy atom. The van der Waals surface area contributed by atoms with Crippen LogP contribution in [0.5, 0.6) is 0 Å². The van der Waals surface area contributed by atoms with E-state index in [0.29, 0.717) is 0 Å². The lowest BCUT2D eigenvalue weighted by Gasteiger charge is -2.35. The molecule has 50 heavy (non-hydrogen) atoms. The van der Waals surface area contributed by atoms with Crippen molar-refractivity contribution in [2.75, 3.05) is 0 Å². The molecular formula is C47H31NSSi. The lowest BCUT2D eigenvalue weighted by Crippen LogP contribution is -2.74. The van der Waals surface area contributed by atoms with E-state index in [2.05, 4.69) is 182 Å². The molecule has 0 saturated heterocycles. The molecule has 0 fully saturated rings. The number of pyridine rings is 1. The fraction of sp³-hybridized carbons (Fsp3) is 0. The van der Waals surface area contributed by atoms with Gasteiger partial charge in [-0.25, -0.2) is 0 Å². The van der Waals surface area contributed by atoms with Crippen molar-refractivity contribution in [2.45, 2.75) is 0 Å². The molecule has 0 unspecified atom stereocenters. The van der Waals surface area contributed by atoms with Crippen LogP contribution in [0, 0.1) is 0 Å². The highest BCUT2D eigenvalue weighted by Crippen LogP contribution is 2.39. The molecule has 0 saturated carbocycles. The van der Waals surface area contributed by atoms with Gasteiger partial charge in [-0.2, -0.15) is 0 Å². The molecule has 0 bridgehead atoms. The number of thiophene rings is 1. The summed E-state index contributed by atoms with van der Waals surface area (Å²) in [5, 5.41) is 15.8. The summed E-state index contributed by atoms with van der Waals surface area (Å²) < 4.78 is 2.53. The summed E-state index contributed by atoms with van der Waals surface area (Å²) in [5.41, 5.74) is 2.20. The third-order valence-electron chi connectivity index (χ3n) is 10.5. The fourth-order valence-corrected chi connectivity index (χ4v) is 14.3. The Kier molecular flexibility index (Phi) is 6.76. The summed E-state index contributed by atoms with van der Waals surface area (Å²) >= 11 is 1.84. The highest BCUT2D eigenvalue weighted by Gasteiger charge is 2.42. The van der Waals surface area contributed by atoms with Gasteiger partial charge in [0, 0.05) is 27.2 Å². The van der Waals surface area contributed by atoms with Gasteiger partial charge in [0.2, 0.25) is 0 Å². The summed E-state index contributed by atoms with van der Waals surface area (Å²) in [7, 11) is -2.86. The zero-order chi connectivity index (χ0) is 33.1. The highest BCUT2D eigenvalue weighted by molar-refractivity contribution is 7.26. The van der Waals surface area contributed by atoms with Crippen molar-refractivity contribution in [1.82, 2.24) is 4.98 Å². The van der Waals surface area contributed by atoms with Gasteiger partial charge in [-0.3, -0.25) is 4.98 Å². The predicted molar refractivity (Wildman–Crippen MR) is 219 cm³/mol. The Balaban J connectivity index is 1.30. The summed E-state index contributed by atoms with van der Waals surface area (Å²) in [6.07, 6.45) is 1.97. The first-order valence-electron chi connectivity index (χ1n) is 17.1. The molecule has 0 spiro atoms. The Hall–Kier alpha value is -5.87. The van der Waals surface area contributed by atoms with E-state index in [9.17, 15) is 0 Å². The third-order valence-corrected chi connectivity index (χ3v) is 16.4. The second kappa shape index (κ2) is 11.6. The number of aromatic nitrogens is 1. The van der Waals surface area contributed by atoms with Crippen LogP contribution in [0.3, 0.4) is 0 Å². The van der Waals surface area contributed by atoms with Crippen LogP contribution >= 0.6 is 11.3 Å². The maximum atomic E-state index is 5.04. The van der Waals surface area contributed by atoms with Crippen molar-refractivity contribution >= 4 is 92.6 Å². The van der Waals surface area contributed by atoms with Crippen LogP contribution in [-0.4, -0.2) is 13.1 Å². The molecule has 10 aromatic rings. The monoisotopic (exact) mass is 669 g/mol. The predicted octanol–water partition coefficient (Wildman–Crippen LogP) is 9.95. The molecule has 1 nitrogen and oxygen atoms in total. The zero-order valence-corrected chi connectivity index (χ0v) is 29.1. The Morgan fingerprint density at radius 2 is 0.880 bits per heavy atom. The van der Waals surface area contributed by atoms with Crippen LogP contribution < -0.4 is 20.7 Å². The minimum atomic E-state index is -2.86. The quantitative estimate of drug-likeness (QED) is 0.101. The second-order valence-corrected chi connectivity index (χ2v) is 17.9. The van der Waals surface area contributed by atoms with Crippen molar-refractivity contribution in [3.8, 4) is 11.3 Å². The summed E-state index contributed by atoms with van der Waals surface area (Å²) in [5.74, 6) is 0. The fourth-order valence-electron chi connectivity index (χ4n) is 8.27. The topological polar surface area (TPSA) is 12.9 Å². The van der Waals surface area contributed by atoms with Crippen molar-refractivity contribution < 1.29 is 0 Å². The molecule has 3 heteroatoms. The van der Waals surface area contributed by atoms with Crippen LogP contribution in [0.1, 0.15) is 0 Å². The van der Waals surface area contributed by atoms with E-state index in [1.54, 1.807) is 0 Å². The van der Waals surface area contributed by atoms with Gasteiger partial charge in [0.25, 0.3) is 0 Å². The Morgan fingerprint density at radius 1 is 0.360 bits per heavy atom. The maximum Gasteiger partial charge on any atom is 0.179 e. The van der Waals surface area contributed by atoms with E-state index < -0.39 is 8.07 Å². The number of rotatable bonds is 5. The van der Waals surface area contributed by atoms with E-state index >= 15 is 0 Å². The van der Waals surface area contributed by atoms with E-state index in [0.717, 1.165) is 11.3 Å². The van der Waals surface area contributed by atoms with Gasteiger partial charge >= 0.3 is 0 Å². The number of hydrogen-bond donors (Lipinski definition) is 0. The molecule has 8 aromatic carbocycles. The SMILES string of the molecule is c1ccc([Si](c2ccccc2)(c2cccc(-c3nccc4c3sc3ccccc34)c2)c2ccc3c4ccccc4c4ccccc4c3c2)cc1. The molecule has 2 aromatic heterocycles. The first-order chi connectivity index (χ1) is 24.8. The molecule has 0 aliphatic rings. The molecule has 0 atom stereocenters. The molecule has 0 amide bonds. The lowest BCUT2D eigenvalue weighted by molar-refractivity contribution is 1.37. The average molecular weight is 670 g/mol. The molecular weight excluding hydrogens is 639 g/mol. The Bertz CT molecular complexity index is 2800. The number of hydrogen-bond acceptors (Lipinski definition) is 2. The van der Waals surface area contributed by atoms with E-state index in [-0.39, 0.29) is 0 Å². The van der Waals surface area contributed by atoms with Crippen LogP contribution in [0.25, 0.3) is 63.7 Å². The van der Waals surface area contributed by atoms with Crippen molar-refractivity contribution in [2.24, 2.45) is 0 Å². The van der Waals surface area contributed by atoms with Gasteiger partial charge in [0.15, 0.2) is 8.07 Å². The maximum absolute atomic E-state index is 5.04. The summed E-state index contributed by atoms with van der Waals surface area (Å²) in [6.45, 7) is 0. The van der Waals surface area contributed by atoms with Crippen LogP contribution in [0.4, 0.5) is 0 Å². The summed E-state index contributed by atoms with van der Waals surface area (Å²) in [6, 6.07) is 67.7. The average Bonchev–Trinajstić information content (AvgIpc) is 3.58. The number of fused-ring (bicyclic) bond motifs is 9. The second-order valence-electron chi connectivity index (χ2n) is 13.0. The minimum absolute atomic E-state index is 1.05. The molecule has 234 valence electrons. The molecule has 10 rings (SSSR count). The van der Waals surface area contributed by atoms with Crippen molar-refractivity contribution in [3.05, 3.63) is 188 Å². The molecule has 0 aliphatic heterocycles. The molecule has 0 N–H and O–H groups in total. The zero-order valence-electron chi connectivity index (χ0n) is 27.3. The molecule has 2 heterocycles. The number of benzene rings is 8. The van der Waals surface area contributed by atoms with Gasteiger partial charge in [0.1, 0.15) is 0 Å². The standard InChI is InChI=1S/C47H31NSSi/c1-3-15-33(16-4-1)50(34-17-5-2-6-18-34,36-26-27-41-39-22-8-7-20-37(39)38-21-9-10-23-40(38)44(41)31-36)35-19-13-14-32(30-35)46-47-43(28-29-48-46)42-24-11-12-25-45(42)49-47/h1-31H. The molecule has 0 aliphatic carbocycles. The lowest BCUT2D eigenvalue weighted by atomic mass is 9.94. The minimum Gasteiger partial charge on any atom is -0.255 e.